The van der Waals surface area contributed by atoms with Crippen LogP contribution < -0.4 is 5.32 Å². The molecule has 0 bridgehead atoms. The van der Waals surface area contributed by atoms with E-state index in [0.717, 1.165) is 45.1 Å². The van der Waals surface area contributed by atoms with Gasteiger partial charge in [0, 0.05) is 37.8 Å². The van der Waals surface area contributed by atoms with Gasteiger partial charge >= 0.3 is 0 Å². The highest BCUT2D eigenvalue weighted by Gasteiger charge is 2.26. The second kappa shape index (κ2) is 6.81. The fraction of sp³-hybridized carbons (Fsp3) is 0.467. The van der Waals surface area contributed by atoms with Crippen LogP contribution >= 0.6 is 0 Å². The van der Waals surface area contributed by atoms with Crippen molar-refractivity contribution >= 4 is 0 Å². The smallest absolute Gasteiger partial charge is 0.200 e. The molecule has 2 N–H and O–H groups in total. The zero-order chi connectivity index (χ0) is 14.5. The highest BCUT2D eigenvalue weighted by molar-refractivity contribution is 5.37. The van der Waals surface area contributed by atoms with Gasteiger partial charge in [0.15, 0.2) is 11.6 Å². The SMILES string of the molecule is C=CCC[C@@H](c1ccc(F)c(F)c1O)N1CCNCC1. The van der Waals surface area contributed by atoms with E-state index in [1.165, 1.54) is 6.07 Å². The van der Waals surface area contributed by atoms with Crippen LogP contribution in [0, 0.1) is 11.6 Å². The van der Waals surface area contributed by atoms with Crippen molar-refractivity contribution in [2.45, 2.75) is 18.9 Å². The van der Waals surface area contributed by atoms with E-state index in [1.54, 1.807) is 6.08 Å². The summed E-state index contributed by atoms with van der Waals surface area (Å²) in [7, 11) is 0. The maximum Gasteiger partial charge on any atom is 0.200 e. The van der Waals surface area contributed by atoms with Gasteiger partial charge in [-0.1, -0.05) is 12.1 Å². The zero-order valence-corrected chi connectivity index (χ0v) is 11.4. The molecule has 1 aliphatic rings. The van der Waals surface area contributed by atoms with Crippen LogP contribution in [-0.2, 0) is 0 Å². The second-order valence-electron chi connectivity index (χ2n) is 4.97. The lowest BCUT2D eigenvalue weighted by molar-refractivity contribution is 0.162. The number of hydrogen-bond acceptors (Lipinski definition) is 3. The molecule has 20 heavy (non-hydrogen) atoms. The number of rotatable bonds is 5. The highest BCUT2D eigenvalue weighted by Crippen LogP contribution is 2.35. The van der Waals surface area contributed by atoms with Crippen molar-refractivity contribution in [3.05, 3.63) is 42.0 Å². The molecule has 1 atom stereocenters. The van der Waals surface area contributed by atoms with E-state index < -0.39 is 17.4 Å². The Morgan fingerprint density at radius 2 is 2.05 bits per heavy atom. The molecule has 5 heteroatoms. The summed E-state index contributed by atoms with van der Waals surface area (Å²) in [6.07, 6.45) is 3.28. The van der Waals surface area contributed by atoms with Gasteiger partial charge in [0.25, 0.3) is 0 Å². The molecule has 1 fully saturated rings. The first-order valence-electron chi connectivity index (χ1n) is 6.87. The van der Waals surface area contributed by atoms with E-state index in [0.29, 0.717) is 5.56 Å². The summed E-state index contributed by atoms with van der Waals surface area (Å²) in [5, 5.41) is 13.1. The molecule has 1 heterocycles. The predicted octanol–water partition coefficient (Wildman–Crippen LogP) is 2.58. The number of phenolic OH excluding ortho intramolecular Hbond substituents is 1. The van der Waals surface area contributed by atoms with Crippen molar-refractivity contribution in [2.75, 3.05) is 26.2 Å². The van der Waals surface area contributed by atoms with Crippen molar-refractivity contribution in [1.82, 2.24) is 10.2 Å². The first-order chi connectivity index (χ1) is 9.65. The third-order valence-corrected chi connectivity index (χ3v) is 3.70. The van der Waals surface area contributed by atoms with Gasteiger partial charge in [0.05, 0.1) is 0 Å². The summed E-state index contributed by atoms with van der Waals surface area (Å²) in [6, 6.07) is 2.43. The molecule has 0 radical (unpaired) electrons. The summed E-state index contributed by atoms with van der Waals surface area (Å²) in [5.74, 6) is -2.76. The number of aromatic hydroxyl groups is 1. The van der Waals surface area contributed by atoms with Gasteiger partial charge in [-0.05, 0) is 18.9 Å². The fourth-order valence-electron chi connectivity index (χ4n) is 2.63. The lowest BCUT2D eigenvalue weighted by atomic mass is 9.98. The molecule has 0 amide bonds. The van der Waals surface area contributed by atoms with Crippen molar-refractivity contribution < 1.29 is 13.9 Å². The Labute approximate surface area is 117 Å². The number of hydrogen-bond donors (Lipinski definition) is 2. The summed E-state index contributed by atoms with van der Waals surface area (Å²) < 4.78 is 26.7. The third kappa shape index (κ3) is 3.16. The summed E-state index contributed by atoms with van der Waals surface area (Å²) in [5.41, 5.74) is 0.452. The van der Waals surface area contributed by atoms with Gasteiger partial charge in [-0.2, -0.15) is 4.39 Å². The molecule has 0 unspecified atom stereocenters. The molecule has 110 valence electrons. The highest BCUT2D eigenvalue weighted by atomic mass is 19.2. The van der Waals surface area contributed by atoms with E-state index in [-0.39, 0.29) is 6.04 Å². The molecule has 0 spiro atoms. The quantitative estimate of drug-likeness (QED) is 0.815. The Bertz CT molecular complexity index is 473. The lowest BCUT2D eigenvalue weighted by Gasteiger charge is -2.35. The topological polar surface area (TPSA) is 35.5 Å². The second-order valence-corrected chi connectivity index (χ2v) is 4.97. The standard InChI is InChI=1S/C15H20F2N2O/c1-2-3-4-13(19-9-7-18-8-10-19)11-5-6-12(16)14(17)15(11)20/h2,5-6,13,18,20H,1,3-4,7-10H2/t13-/m0/s1. The van der Waals surface area contributed by atoms with E-state index in [9.17, 15) is 13.9 Å². The number of allylic oxidation sites excluding steroid dienone is 1. The first kappa shape index (κ1) is 14.9. The van der Waals surface area contributed by atoms with Crippen molar-refractivity contribution in [1.29, 1.82) is 0 Å². The average molecular weight is 282 g/mol. The Morgan fingerprint density at radius 1 is 1.35 bits per heavy atom. The molecule has 1 aromatic rings. The number of piperazine rings is 1. The van der Waals surface area contributed by atoms with Crippen molar-refractivity contribution in [3.8, 4) is 5.75 Å². The van der Waals surface area contributed by atoms with Crippen LogP contribution in [0.4, 0.5) is 8.78 Å². The molecule has 1 aromatic carbocycles. The van der Waals surface area contributed by atoms with Crippen LogP contribution in [0.5, 0.6) is 5.75 Å². The molecule has 0 aromatic heterocycles. The van der Waals surface area contributed by atoms with Crippen molar-refractivity contribution in [2.24, 2.45) is 0 Å². The van der Waals surface area contributed by atoms with Crippen molar-refractivity contribution in [3.63, 3.8) is 0 Å². The molecular formula is C15H20F2N2O. The van der Waals surface area contributed by atoms with Gasteiger partial charge in [-0.3, -0.25) is 4.90 Å². The fourth-order valence-corrected chi connectivity index (χ4v) is 2.63. The van der Waals surface area contributed by atoms with Gasteiger partial charge < -0.3 is 10.4 Å². The number of nitrogens with one attached hydrogen (secondary N) is 1. The van der Waals surface area contributed by atoms with Crippen LogP contribution in [0.1, 0.15) is 24.4 Å². The normalized spacial score (nSPS) is 17.9. The number of nitrogens with zero attached hydrogens (tertiary/aromatic N) is 1. The van der Waals surface area contributed by atoms with Crippen LogP contribution in [0.15, 0.2) is 24.8 Å². The van der Waals surface area contributed by atoms with E-state index in [4.69, 9.17) is 0 Å². The van der Waals surface area contributed by atoms with Gasteiger partial charge in [-0.25, -0.2) is 4.39 Å². The Balaban J connectivity index is 2.29. The zero-order valence-electron chi connectivity index (χ0n) is 11.4. The molecular weight excluding hydrogens is 262 g/mol. The molecule has 0 saturated carbocycles. The van der Waals surface area contributed by atoms with Gasteiger partial charge in [0.1, 0.15) is 0 Å². The molecule has 3 nitrogen and oxygen atoms in total. The minimum atomic E-state index is -1.17. The summed E-state index contributed by atoms with van der Waals surface area (Å²) in [4.78, 5) is 2.19. The largest absolute Gasteiger partial charge is 0.505 e. The van der Waals surface area contributed by atoms with E-state index >= 15 is 0 Å². The van der Waals surface area contributed by atoms with Gasteiger partial charge in [-0.15, -0.1) is 6.58 Å². The predicted molar refractivity (Wildman–Crippen MR) is 74.6 cm³/mol. The minimum Gasteiger partial charge on any atom is -0.505 e. The minimum absolute atomic E-state index is 0.120. The average Bonchev–Trinajstić information content (AvgIpc) is 2.48. The molecule has 1 saturated heterocycles. The maximum absolute atomic E-state index is 13.6. The monoisotopic (exact) mass is 282 g/mol. The summed E-state index contributed by atoms with van der Waals surface area (Å²) >= 11 is 0. The van der Waals surface area contributed by atoms with Crippen LogP contribution in [-0.4, -0.2) is 36.2 Å². The number of benzene rings is 1. The first-order valence-corrected chi connectivity index (χ1v) is 6.87. The third-order valence-electron chi connectivity index (χ3n) is 3.70. The van der Waals surface area contributed by atoms with E-state index in [1.807, 2.05) is 0 Å². The van der Waals surface area contributed by atoms with Crippen LogP contribution in [0.25, 0.3) is 0 Å². The maximum atomic E-state index is 13.6. The van der Waals surface area contributed by atoms with Gasteiger partial charge in [0.2, 0.25) is 5.82 Å². The lowest BCUT2D eigenvalue weighted by Crippen LogP contribution is -2.45. The number of phenols is 1. The number of halogens is 2. The van der Waals surface area contributed by atoms with E-state index in [2.05, 4.69) is 16.8 Å². The van der Waals surface area contributed by atoms with Crippen LogP contribution in [0.3, 0.4) is 0 Å². The Hall–Kier alpha value is -1.46. The van der Waals surface area contributed by atoms with Crippen LogP contribution in [0.2, 0.25) is 0 Å². The molecule has 2 rings (SSSR count). The molecule has 1 aliphatic heterocycles. The molecule has 0 aliphatic carbocycles. The summed E-state index contributed by atoms with van der Waals surface area (Å²) in [6.45, 7) is 7.05. The Morgan fingerprint density at radius 3 is 2.70 bits per heavy atom. The Kier molecular flexibility index (Phi) is 5.09.